The van der Waals surface area contributed by atoms with Crippen molar-refractivity contribution in [1.82, 2.24) is 29.9 Å². The van der Waals surface area contributed by atoms with Gasteiger partial charge in [-0.15, -0.1) is 0 Å². The molecule has 0 radical (unpaired) electrons. The molecule has 28 heteroatoms. The number of rotatable bonds is 29. The quantitative estimate of drug-likeness (QED) is 0.0132. The molecule has 62 heavy (non-hydrogen) atoms. The van der Waals surface area contributed by atoms with Crippen molar-refractivity contribution >= 4 is 80.7 Å². The van der Waals surface area contributed by atoms with Gasteiger partial charge in [-0.1, -0.05) is 18.2 Å². The lowest BCUT2D eigenvalue weighted by atomic mass is 10.1. The minimum absolute atomic E-state index is 0.00382. The number of benzene rings is 2. The van der Waals surface area contributed by atoms with E-state index in [0.29, 0.717) is 0 Å². The summed E-state index contributed by atoms with van der Waals surface area (Å²) in [7, 11) is -4.86. The Kier molecular flexibility index (Phi) is 20.2. The molecule has 0 spiro atoms. The lowest BCUT2D eigenvalue weighted by molar-refractivity contribution is 0.0991. The Labute approximate surface area is 357 Å². The first-order valence-electron chi connectivity index (χ1n) is 18.5. The molecule has 26 nitrogen and oxygen atoms in total. The lowest BCUT2D eigenvalue weighted by Gasteiger charge is -2.14. The summed E-state index contributed by atoms with van der Waals surface area (Å²) in [6, 6.07) is 8.25. The molecule has 2 aromatic heterocycles. The van der Waals surface area contributed by atoms with Crippen LogP contribution < -0.4 is 36.1 Å². The number of ether oxygens (including phenoxy) is 2. The van der Waals surface area contributed by atoms with Crippen LogP contribution in [0.2, 0.25) is 0 Å². The normalized spacial score (nSPS) is 13.0. The highest BCUT2D eigenvalue weighted by molar-refractivity contribution is 7.86. The molecule has 3 atom stereocenters. The molecule has 4 aromatic rings. The van der Waals surface area contributed by atoms with Gasteiger partial charge in [0.2, 0.25) is 35.7 Å². The summed E-state index contributed by atoms with van der Waals surface area (Å²) in [6.07, 6.45) is 0.445. The van der Waals surface area contributed by atoms with E-state index >= 15 is 0 Å². The average Bonchev–Trinajstić information content (AvgIpc) is 3.24. The fourth-order valence-corrected chi connectivity index (χ4v) is 5.85. The van der Waals surface area contributed by atoms with E-state index in [-0.39, 0.29) is 130 Å². The maximum Gasteiger partial charge on any atom is 0.357 e. The molecule has 0 saturated carbocycles. The number of hydrogen-bond acceptors (Lipinski definition) is 24. The van der Waals surface area contributed by atoms with Crippen molar-refractivity contribution in [3.8, 4) is 5.75 Å². The Morgan fingerprint density at radius 3 is 1.52 bits per heavy atom. The molecular weight excluding hydrogens is 865 g/mol. The van der Waals surface area contributed by atoms with Gasteiger partial charge < -0.3 is 76.2 Å². The number of anilines is 8. The second kappa shape index (κ2) is 25.4. The van der Waals surface area contributed by atoms with Crippen LogP contribution in [0.1, 0.15) is 11.1 Å². The van der Waals surface area contributed by atoms with E-state index in [9.17, 15) is 42.2 Å². The first-order valence-corrected chi connectivity index (χ1v) is 21.0. The smallest absolute Gasteiger partial charge is 0.357 e. The predicted octanol–water partition coefficient (Wildman–Crippen LogP) is -1.15. The zero-order valence-corrected chi connectivity index (χ0v) is 34.4. The van der Waals surface area contributed by atoms with Crippen molar-refractivity contribution in [1.29, 1.82) is 0 Å². The molecule has 0 amide bonds. The van der Waals surface area contributed by atoms with E-state index in [1.165, 1.54) is 42.5 Å². The van der Waals surface area contributed by atoms with Crippen molar-refractivity contribution in [2.24, 2.45) is 0 Å². The Bertz CT molecular complexity index is 2200. The first-order chi connectivity index (χ1) is 29.8. The molecule has 2 heterocycles. The zero-order valence-electron chi connectivity index (χ0n) is 32.8. The van der Waals surface area contributed by atoms with E-state index in [2.05, 4.69) is 61.8 Å². The molecule has 4 rings (SSSR count). The van der Waals surface area contributed by atoms with Crippen LogP contribution in [0, 0.1) is 0 Å². The Morgan fingerprint density at radius 1 is 0.629 bits per heavy atom. The van der Waals surface area contributed by atoms with E-state index in [0.717, 1.165) is 6.07 Å². The Hall–Kier alpha value is -5.50. The zero-order chi connectivity index (χ0) is 44.9. The van der Waals surface area contributed by atoms with Gasteiger partial charge in [-0.3, -0.25) is 9.11 Å². The third-order valence-electron chi connectivity index (χ3n) is 7.64. The maximum absolute atomic E-state index is 12.6. The first kappa shape index (κ1) is 49.2. The molecule has 0 aliphatic heterocycles. The van der Waals surface area contributed by atoms with E-state index < -0.39 is 51.8 Å². The number of aliphatic hydroxyl groups is 6. The second-order valence-electron chi connectivity index (χ2n) is 12.4. The van der Waals surface area contributed by atoms with Gasteiger partial charge in [-0.25, -0.2) is 0 Å². The molecule has 3 unspecified atom stereocenters. The summed E-state index contributed by atoms with van der Waals surface area (Å²) in [5, 5.41) is 72.9. The summed E-state index contributed by atoms with van der Waals surface area (Å²) in [5.74, 6) is -0.117. The van der Waals surface area contributed by atoms with Crippen LogP contribution in [0.4, 0.5) is 47.1 Å². The number of aliphatic hydroxyl groups excluding tert-OH is 6. The summed E-state index contributed by atoms with van der Waals surface area (Å²) in [4.78, 5) is 24.9. The molecule has 0 aliphatic rings. The van der Waals surface area contributed by atoms with Crippen molar-refractivity contribution in [2.45, 2.75) is 17.1 Å². The number of nitrogens with zero attached hydrogens (tertiary/aromatic N) is 6. The summed E-state index contributed by atoms with van der Waals surface area (Å²) < 4.78 is 72.4. The van der Waals surface area contributed by atoms with Gasteiger partial charge in [0.25, 0.3) is 10.1 Å². The lowest BCUT2D eigenvalue weighted by Crippen LogP contribution is -2.24. The van der Waals surface area contributed by atoms with Crippen LogP contribution in [-0.2, 0) is 31.0 Å². The van der Waals surface area contributed by atoms with Crippen LogP contribution in [0.15, 0.2) is 41.3 Å². The van der Waals surface area contributed by atoms with Crippen molar-refractivity contribution in [3.05, 3.63) is 47.5 Å². The highest BCUT2D eigenvalue weighted by Gasteiger charge is 2.18. The summed E-state index contributed by atoms with van der Waals surface area (Å²) >= 11 is -2.81. The molecule has 340 valence electrons. The van der Waals surface area contributed by atoms with Gasteiger partial charge in [0.15, 0.2) is 5.75 Å². The Morgan fingerprint density at radius 2 is 1.06 bits per heavy atom. The van der Waals surface area contributed by atoms with Crippen molar-refractivity contribution < 1.29 is 66.0 Å². The third kappa shape index (κ3) is 17.1. The van der Waals surface area contributed by atoms with Gasteiger partial charge in [-0.2, -0.15) is 42.5 Å². The number of aromatic nitrogens is 6. The van der Waals surface area contributed by atoms with Gasteiger partial charge in [-0.05, 0) is 29.8 Å². The van der Waals surface area contributed by atoms with Crippen LogP contribution >= 0.6 is 0 Å². The highest BCUT2D eigenvalue weighted by atomic mass is 32.2. The Balaban J connectivity index is 1.59. The molecular formula is C34H48N12O14S2. The van der Waals surface area contributed by atoms with E-state index in [1.807, 2.05) is 0 Å². The minimum atomic E-state index is -4.86. The van der Waals surface area contributed by atoms with Crippen molar-refractivity contribution in [2.75, 3.05) is 111 Å². The van der Waals surface area contributed by atoms with Crippen LogP contribution in [0.25, 0.3) is 12.2 Å². The summed E-state index contributed by atoms with van der Waals surface area (Å²) in [6.45, 7) is -0.429. The van der Waals surface area contributed by atoms with E-state index in [4.69, 9.17) is 23.9 Å². The number of hydrogen-bond donors (Lipinski definition) is 14. The monoisotopic (exact) mass is 912 g/mol. The predicted molar refractivity (Wildman–Crippen MR) is 225 cm³/mol. The average molecular weight is 913 g/mol. The largest absolute Gasteiger partial charge is 0.394 e. The van der Waals surface area contributed by atoms with Crippen LogP contribution in [-0.4, -0.2) is 174 Å². The van der Waals surface area contributed by atoms with Gasteiger partial charge in [0.1, 0.15) is 4.90 Å². The molecule has 0 fully saturated rings. The van der Waals surface area contributed by atoms with Gasteiger partial charge in [0, 0.05) is 49.2 Å². The van der Waals surface area contributed by atoms with E-state index in [1.54, 1.807) is 0 Å². The van der Waals surface area contributed by atoms with Gasteiger partial charge >= 0.3 is 11.4 Å². The van der Waals surface area contributed by atoms with Crippen LogP contribution in [0.5, 0.6) is 5.75 Å². The topological polar surface area (TPSA) is 390 Å². The third-order valence-corrected chi connectivity index (χ3v) is 8.87. The minimum Gasteiger partial charge on any atom is -0.394 e. The standard InChI is InChI=1S/C34H48N12O14S2/c47-9-13-58-11-7-35-29-41-31(37-17-25(51)19-49)45-33(43-29)39-23-5-3-21(27(15-23)60-61(53)54)1-2-22-4-6-24(16-28(22)62(55,56)57)40-34-44-30(36-8-12-59-14-10-48)42-32(46-34)38-18-26(52)20-50/h1-6,15-16,25-26,47-52H,7-14,17-20H2,(H,53,54)(H,55,56,57)(H3,35,37,39,41,43,45)(H3,36,38,40,42,44,46). The van der Waals surface area contributed by atoms with Crippen LogP contribution in [0.3, 0.4) is 0 Å². The second-order valence-corrected chi connectivity index (χ2v) is 14.4. The highest BCUT2D eigenvalue weighted by Crippen LogP contribution is 2.30. The fraction of sp³-hybridized carbons (Fsp3) is 0.412. The SMILES string of the molecule is O=S(O)Oc1cc(Nc2nc(NCCOCCO)nc(NCC(O)CO)n2)ccc1C=Cc1ccc(Nc2nc(NCCOCCO)nc(NCC(O)CO)n2)cc1S(=O)(=O)O. The number of nitrogens with one attached hydrogen (secondary N) is 6. The molecule has 14 N–H and O–H groups in total. The van der Waals surface area contributed by atoms with Gasteiger partial charge in [0.05, 0.1) is 65.1 Å². The van der Waals surface area contributed by atoms with Crippen molar-refractivity contribution in [3.63, 3.8) is 0 Å². The molecule has 2 aromatic carbocycles. The summed E-state index contributed by atoms with van der Waals surface area (Å²) in [5.41, 5.74) is 0.567. The molecule has 0 bridgehead atoms. The molecule has 0 saturated heterocycles. The fourth-order valence-electron chi connectivity index (χ4n) is 4.84. The molecule has 0 aliphatic carbocycles. The maximum atomic E-state index is 12.6.